The van der Waals surface area contributed by atoms with Crippen LogP contribution in [-0.4, -0.2) is 17.7 Å². The van der Waals surface area contributed by atoms with Crippen LogP contribution in [0.1, 0.15) is 22.6 Å². The van der Waals surface area contributed by atoms with Gasteiger partial charge in [-0.2, -0.15) is 0 Å². The number of hydrogen-bond donors (Lipinski definition) is 0. The smallest absolute Gasteiger partial charge is 0.344 e. The van der Waals surface area contributed by atoms with Crippen LogP contribution in [0.15, 0.2) is 59.1 Å². The van der Waals surface area contributed by atoms with Crippen LogP contribution in [-0.2, 0) is 22.7 Å². The lowest BCUT2D eigenvalue weighted by Gasteiger charge is -2.09. The summed E-state index contributed by atoms with van der Waals surface area (Å²) in [6.07, 6.45) is 0. The van der Waals surface area contributed by atoms with Crippen molar-refractivity contribution >= 4 is 5.97 Å². The Morgan fingerprint density at radius 3 is 2.22 bits per heavy atom. The molecule has 0 aliphatic carbocycles. The Morgan fingerprint density at radius 1 is 0.926 bits per heavy atom. The maximum Gasteiger partial charge on any atom is 0.344 e. The van der Waals surface area contributed by atoms with Gasteiger partial charge < -0.3 is 18.7 Å². The van der Waals surface area contributed by atoms with Crippen LogP contribution in [0.3, 0.4) is 0 Å². The average molecular weight is 367 g/mol. The predicted octanol–water partition coefficient (Wildman–Crippen LogP) is 3.99. The number of rotatable bonds is 8. The molecular weight excluding hydrogens is 346 g/mol. The Kier molecular flexibility index (Phi) is 6.10. The van der Waals surface area contributed by atoms with Crippen LogP contribution in [0.25, 0.3) is 0 Å². The molecule has 6 nitrogen and oxygen atoms in total. The second kappa shape index (κ2) is 8.89. The van der Waals surface area contributed by atoms with Crippen LogP contribution in [0, 0.1) is 13.8 Å². The number of aromatic nitrogens is 1. The Hall–Kier alpha value is -3.28. The minimum atomic E-state index is -0.459. The molecule has 2 aromatic carbocycles. The SMILES string of the molecule is Cc1noc(C)c1COC(=O)COc1ccc(OCc2ccccc2)cc1. The minimum Gasteiger partial charge on any atom is -0.489 e. The van der Waals surface area contributed by atoms with Crippen molar-refractivity contribution in [2.45, 2.75) is 27.1 Å². The van der Waals surface area contributed by atoms with Gasteiger partial charge in [0.05, 0.1) is 11.3 Å². The lowest BCUT2D eigenvalue weighted by atomic mass is 10.2. The van der Waals surface area contributed by atoms with E-state index in [1.54, 1.807) is 38.1 Å². The molecule has 0 unspecified atom stereocenters. The topological polar surface area (TPSA) is 70.8 Å². The van der Waals surface area contributed by atoms with Crippen molar-refractivity contribution in [3.8, 4) is 11.5 Å². The molecule has 6 heteroatoms. The van der Waals surface area contributed by atoms with E-state index >= 15 is 0 Å². The van der Waals surface area contributed by atoms with Gasteiger partial charge in [0.2, 0.25) is 0 Å². The van der Waals surface area contributed by atoms with E-state index in [1.165, 1.54) is 0 Å². The monoisotopic (exact) mass is 367 g/mol. The molecule has 1 aromatic heterocycles. The van der Waals surface area contributed by atoms with Gasteiger partial charge in [0.15, 0.2) is 6.61 Å². The molecule has 0 bridgehead atoms. The fourth-order valence-corrected chi connectivity index (χ4v) is 2.42. The molecule has 0 atom stereocenters. The molecule has 27 heavy (non-hydrogen) atoms. The highest BCUT2D eigenvalue weighted by Crippen LogP contribution is 2.19. The van der Waals surface area contributed by atoms with E-state index in [2.05, 4.69) is 5.16 Å². The number of ether oxygens (including phenoxy) is 3. The van der Waals surface area contributed by atoms with Gasteiger partial charge in [-0.3, -0.25) is 0 Å². The number of nitrogens with zero attached hydrogens (tertiary/aromatic N) is 1. The molecule has 0 N–H and O–H groups in total. The molecular formula is C21H21NO5. The zero-order valence-corrected chi connectivity index (χ0v) is 15.3. The summed E-state index contributed by atoms with van der Waals surface area (Å²) in [7, 11) is 0. The van der Waals surface area contributed by atoms with Gasteiger partial charge in [-0.05, 0) is 43.7 Å². The van der Waals surface area contributed by atoms with Crippen molar-refractivity contribution in [3.63, 3.8) is 0 Å². The van der Waals surface area contributed by atoms with E-state index in [-0.39, 0.29) is 13.2 Å². The van der Waals surface area contributed by atoms with Crippen molar-refractivity contribution in [3.05, 3.63) is 77.2 Å². The van der Waals surface area contributed by atoms with Crippen molar-refractivity contribution in [1.82, 2.24) is 5.16 Å². The molecule has 1 heterocycles. The van der Waals surface area contributed by atoms with Gasteiger partial charge in [-0.15, -0.1) is 0 Å². The lowest BCUT2D eigenvalue weighted by molar-refractivity contribution is -0.147. The second-order valence-corrected chi connectivity index (χ2v) is 6.00. The third kappa shape index (κ3) is 5.34. The number of carbonyl (C=O) groups excluding carboxylic acids is 1. The van der Waals surface area contributed by atoms with Crippen LogP contribution in [0.5, 0.6) is 11.5 Å². The highest BCUT2D eigenvalue weighted by atomic mass is 16.6. The van der Waals surface area contributed by atoms with E-state index in [1.807, 2.05) is 30.3 Å². The Morgan fingerprint density at radius 2 is 1.59 bits per heavy atom. The van der Waals surface area contributed by atoms with Crippen molar-refractivity contribution < 1.29 is 23.5 Å². The molecule has 3 aromatic rings. The van der Waals surface area contributed by atoms with Gasteiger partial charge in [0.25, 0.3) is 0 Å². The van der Waals surface area contributed by atoms with Crippen molar-refractivity contribution in [1.29, 1.82) is 0 Å². The summed E-state index contributed by atoms with van der Waals surface area (Å²) >= 11 is 0. The molecule has 140 valence electrons. The zero-order chi connectivity index (χ0) is 19.1. The molecule has 0 amide bonds. The van der Waals surface area contributed by atoms with Crippen molar-refractivity contribution in [2.24, 2.45) is 0 Å². The van der Waals surface area contributed by atoms with E-state index < -0.39 is 5.97 Å². The third-order valence-corrected chi connectivity index (χ3v) is 3.99. The first-order valence-corrected chi connectivity index (χ1v) is 8.59. The van der Waals surface area contributed by atoms with Gasteiger partial charge in [0, 0.05) is 0 Å². The zero-order valence-electron chi connectivity index (χ0n) is 15.3. The van der Waals surface area contributed by atoms with Gasteiger partial charge >= 0.3 is 5.97 Å². The van der Waals surface area contributed by atoms with E-state index in [4.69, 9.17) is 18.7 Å². The molecule has 0 fully saturated rings. The maximum absolute atomic E-state index is 11.8. The summed E-state index contributed by atoms with van der Waals surface area (Å²) in [4.78, 5) is 11.8. The summed E-state index contributed by atoms with van der Waals surface area (Å²) in [5.74, 6) is 1.48. The maximum atomic E-state index is 11.8. The Bertz CT molecular complexity index is 852. The van der Waals surface area contributed by atoms with Crippen LogP contribution in [0.4, 0.5) is 0 Å². The first-order valence-electron chi connectivity index (χ1n) is 8.59. The first-order chi connectivity index (χ1) is 13.1. The second-order valence-electron chi connectivity index (χ2n) is 6.00. The predicted molar refractivity (Wildman–Crippen MR) is 98.5 cm³/mol. The largest absolute Gasteiger partial charge is 0.489 e. The third-order valence-electron chi connectivity index (χ3n) is 3.99. The van der Waals surface area contributed by atoms with E-state index in [9.17, 15) is 4.79 Å². The molecule has 3 rings (SSSR count). The van der Waals surface area contributed by atoms with Gasteiger partial charge in [-0.1, -0.05) is 35.5 Å². The average Bonchev–Trinajstić information content (AvgIpc) is 3.02. The molecule has 0 aliphatic rings. The molecule has 0 aliphatic heterocycles. The number of hydrogen-bond acceptors (Lipinski definition) is 6. The summed E-state index contributed by atoms with van der Waals surface area (Å²) in [5, 5.41) is 3.82. The van der Waals surface area contributed by atoms with Gasteiger partial charge in [0.1, 0.15) is 30.5 Å². The Balaban J connectivity index is 1.42. The fourth-order valence-electron chi connectivity index (χ4n) is 2.42. The lowest BCUT2D eigenvalue weighted by Crippen LogP contribution is -2.15. The highest BCUT2D eigenvalue weighted by molar-refractivity contribution is 5.71. The number of carbonyl (C=O) groups is 1. The fraction of sp³-hybridized carbons (Fsp3) is 0.238. The van der Waals surface area contributed by atoms with E-state index in [0.717, 1.165) is 16.9 Å². The Labute approximate surface area is 157 Å². The molecule has 0 radical (unpaired) electrons. The quantitative estimate of drug-likeness (QED) is 0.561. The van der Waals surface area contributed by atoms with Crippen molar-refractivity contribution in [2.75, 3.05) is 6.61 Å². The first kappa shape index (κ1) is 18.5. The number of benzene rings is 2. The van der Waals surface area contributed by atoms with Crippen LogP contribution < -0.4 is 9.47 Å². The summed E-state index contributed by atoms with van der Waals surface area (Å²) < 4.78 is 21.4. The summed E-state index contributed by atoms with van der Waals surface area (Å²) in [6.45, 7) is 4.02. The number of aryl methyl sites for hydroxylation is 2. The minimum absolute atomic E-state index is 0.121. The number of esters is 1. The van der Waals surface area contributed by atoms with Gasteiger partial charge in [-0.25, -0.2) is 4.79 Å². The normalized spacial score (nSPS) is 10.4. The van der Waals surface area contributed by atoms with Crippen LogP contribution >= 0.6 is 0 Å². The molecule has 0 spiro atoms. The highest BCUT2D eigenvalue weighted by Gasteiger charge is 2.12. The van der Waals surface area contributed by atoms with Crippen LogP contribution in [0.2, 0.25) is 0 Å². The molecule has 0 saturated heterocycles. The standard InChI is InChI=1S/C21H21NO5/c1-15-20(16(2)27-22-15)13-26-21(23)14-25-19-10-8-18(9-11-19)24-12-17-6-4-3-5-7-17/h3-11H,12-14H2,1-2H3. The van der Waals surface area contributed by atoms with E-state index in [0.29, 0.717) is 23.8 Å². The summed E-state index contributed by atoms with van der Waals surface area (Å²) in [6, 6.07) is 17.0. The summed E-state index contributed by atoms with van der Waals surface area (Å²) in [5.41, 5.74) is 2.59. The molecule has 0 saturated carbocycles.